The van der Waals surface area contributed by atoms with Crippen LogP contribution in [-0.2, 0) is 6.42 Å². The quantitative estimate of drug-likeness (QED) is 0.629. The van der Waals surface area contributed by atoms with Crippen molar-refractivity contribution in [1.82, 2.24) is 14.8 Å². The molecule has 0 spiro atoms. The molecular weight excluding hydrogens is 174 g/mol. The van der Waals surface area contributed by atoms with Crippen molar-refractivity contribution in [2.45, 2.75) is 19.4 Å². The molecule has 0 aliphatic carbocycles. The lowest BCUT2D eigenvalue weighted by Crippen LogP contribution is -2.17. The van der Waals surface area contributed by atoms with Gasteiger partial charge in [-0.2, -0.15) is 5.10 Å². The average Bonchev–Trinajstić information content (AvgIpc) is 2.67. The van der Waals surface area contributed by atoms with Crippen LogP contribution in [0.15, 0.2) is 30.6 Å². The zero-order valence-electron chi connectivity index (χ0n) is 8.01. The summed E-state index contributed by atoms with van der Waals surface area (Å²) in [6.07, 6.45) is 2.68. The van der Waals surface area contributed by atoms with Gasteiger partial charge in [-0.15, -0.1) is 0 Å². The van der Waals surface area contributed by atoms with Gasteiger partial charge in [0.2, 0.25) is 0 Å². The minimum atomic E-state index is 0.419. The van der Waals surface area contributed by atoms with Crippen LogP contribution in [0.3, 0.4) is 0 Å². The van der Waals surface area contributed by atoms with Crippen LogP contribution >= 0.6 is 0 Å². The van der Waals surface area contributed by atoms with E-state index in [0.717, 1.165) is 12.2 Å². The van der Waals surface area contributed by atoms with Crippen molar-refractivity contribution >= 4 is 0 Å². The molecule has 1 aliphatic rings. The number of benzene rings is 1. The molecule has 1 atom stereocenters. The first kappa shape index (κ1) is 7.74. The van der Waals surface area contributed by atoms with Gasteiger partial charge in [-0.1, -0.05) is 24.3 Å². The first-order valence-corrected chi connectivity index (χ1v) is 4.84. The fraction of sp³-hybridized carbons (Fsp3) is 0.273. The maximum Gasteiger partial charge on any atom is 0.158 e. The Morgan fingerprint density at radius 2 is 2.21 bits per heavy atom. The number of aromatic nitrogens is 3. The lowest BCUT2D eigenvalue weighted by atomic mass is 9.97. The first-order valence-electron chi connectivity index (χ1n) is 4.84. The molecule has 1 aromatic heterocycles. The number of rotatable bonds is 0. The molecule has 0 N–H and O–H groups in total. The van der Waals surface area contributed by atoms with Gasteiger partial charge < -0.3 is 0 Å². The Kier molecular flexibility index (Phi) is 1.48. The normalized spacial score (nSPS) is 18.8. The van der Waals surface area contributed by atoms with Gasteiger partial charge in [0, 0.05) is 5.56 Å². The van der Waals surface area contributed by atoms with E-state index in [0.29, 0.717) is 6.04 Å². The van der Waals surface area contributed by atoms with Gasteiger partial charge in [-0.05, 0) is 18.9 Å². The molecule has 2 heterocycles. The van der Waals surface area contributed by atoms with Gasteiger partial charge in [-0.3, -0.25) is 0 Å². The lowest BCUT2D eigenvalue weighted by molar-refractivity contribution is 0.482. The van der Waals surface area contributed by atoms with Crippen LogP contribution in [0.4, 0.5) is 0 Å². The van der Waals surface area contributed by atoms with Gasteiger partial charge in [-0.25, -0.2) is 9.67 Å². The largest absolute Gasteiger partial charge is 0.243 e. The fourth-order valence-electron chi connectivity index (χ4n) is 2.09. The SMILES string of the molecule is CC1Cc2ccccc2-c2ncnn21. The van der Waals surface area contributed by atoms with Crippen LogP contribution in [0.1, 0.15) is 18.5 Å². The third-order valence-electron chi connectivity index (χ3n) is 2.76. The zero-order valence-corrected chi connectivity index (χ0v) is 8.01. The maximum absolute atomic E-state index is 4.30. The van der Waals surface area contributed by atoms with Crippen molar-refractivity contribution < 1.29 is 0 Å². The molecule has 0 bridgehead atoms. The van der Waals surface area contributed by atoms with Gasteiger partial charge in [0.1, 0.15) is 6.33 Å². The summed E-state index contributed by atoms with van der Waals surface area (Å²) < 4.78 is 2.00. The van der Waals surface area contributed by atoms with E-state index < -0.39 is 0 Å². The van der Waals surface area contributed by atoms with Crippen molar-refractivity contribution in [1.29, 1.82) is 0 Å². The van der Waals surface area contributed by atoms with E-state index in [1.165, 1.54) is 11.1 Å². The number of hydrogen-bond donors (Lipinski definition) is 0. The van der Waals surface area contributed by atoms with Crippen molar-refractivity contribution in [3.63, 3.8) is 0 Å². The highest BCUT2D eigenvalue weighted by atomic mass is 15.3. The molecule has 1 aliphatic heterocycles. The summed E-state index contributed by atoms with van der Waals surface area (Å²) in [6.45, 7) is 2.17. The summed E-state index contributed by atoms with van der Waals surface area (Å²) in [6, 6.07) is 8.83. The molecule has 0 radical (unpaired) electrons. The standard InChI is InChI=1S/C11H11N3/c1-8-6-9-4-2-3-5-10(9)11-12-7-13-14(8)11/h2-5,7-8H,6H2,1H3. The summed E-state index contributed by atoms with van der Waals surface area (Å²) in [7, 11) is 0. The highest BCUT2D eigenvalue weighted by Crippen LogP contribution is 2.31. The molecule has 1 unspecified atom stereocenters. The highest BCUT2D eigenvalue weighted by molar-refractivity contribution is 5.62. The van der Waals surface area contributed by atoms with Gasteiger partial charge in [0.05, 0.1) is 6.04 Å². The van der Waals surface area contributed by atoms with Gasteiger partial charge >= 0.3 is 0 Å². The fourth-order valence-corrected chi connectivity index (χ4v) is 2.09. The van der Waals surface area contributed by atoms with Crippen molar-refractivity contribution in [3.8, 4) is 11.4 Å². The van der Waals surface area contributed by atoms with E-state index in [9.17, 15) is 0 Å². The molecule has 3 nitrogen and oxygen atoms in total. The number of hydrogen-bond acceptors (Lipinski definition) is 2. The van der Waals surface area contributed by atoms with Crippen molar-refractivity contribution in [2.24, 2.45) is 0 Å². The number of fused-ring (bicyclic) bond motifs is 3. The molecule has 14 heavy (non-hydrogen) atoms. The van der Waals surface area contributed by atoms with Crippen molar-refractivity contribution in [2.75, 3.05) is 0 Å². The van der Waals surface area contributed by atoms with E-state index >= 15 is 0 Å². The van der Waals surface area contributed by atoms with Crippen LogP contribution in [0.5, 0.6) is 0 Å². The second kappa shape index (κ2) is 2.67. The van der Waals surface area contributed by atoms with Crippen LogP contribution in [-0.4, -0.2) is 14.8 Å². The first-order chi connectivity index (χ1) is 6.86. The third-order valence-corrected chi connectivity index (χ3v) is 2.76. The van der Waals surface area contributed by atoms with E-state index in [2.05, 4.69) is 35.2 Å². The smallest absolute Gasteiger partial charge is 0.158 e. The molecular formula is C11H11N3. The number of nitrogens with zero attached hydrogens (tertiary/aromatic N) is 3. The third kappa shape index (κ3) is 0.923. The zero-order chi connectivity index (χ0) is 9.54. The minimum Gasteiger partial charge on any atom is -0.243 e. The molecule has 0 saturated heterocycles. The minimum absolute atomic E-state index is 0.419. The average molecular weight is 185 g/mol. The summed E-state index contributed by atoms with van der Waals surface area (Å²) in [5.74, 6) is 0.999. The van der Waals surface area contributed by atoms with Crippen molar-refractivity contribution in [3.05, 3.63) is 36.2 Å². The predicted octanol–water partition coefficient (Wildman–Crippen LogP) is 2.06. The molecule has 3 rings (SSSR count). The Morgan fingerprint density at radius 1 is 1.36 bits per heavy atom. The van der Waals surface area contributed by atoms with Crippen LogP contribution < -0.4 is 0 Å². The Morgan fingerprint density at radius 3 is 3.14 bits per heavy atom. The second-order valence-corrected chi connectivity index (χ2v) is 3.74. The van der Waals surface area contributed by atoms with Crippen LogP contribution in [0, 0.1) is 0 Å². The van der Waals surface area contributed by atoms with E-state index in [1.807, 2.05) is 10.7 Å². The van der Waals surface area contributed by atoms with E-state index in [4.69, 9.17) is 0 Å². The Labute approximate surface area is 82.4 Å². The summed E-state index contributed by atoms with van der Waals surface area (Å²) in [5, 5.41) is 4.24. The topological polar surface area (TPSA) is 30.7 Å². The summed E-state index contributed by atoms with van der Waals surface area (Å²) in [4.78, 5) is 4.30. The monoisotopic (exact) mass is 185 g/mol. The summed E-state index contributed by atoms with van der Waals surface area (Å²) in [5.41, 5.74) is 2.60. The molecule has 3 heteroatoms. The molecule has 0 fully saturated rings. The summed E-state index contributed by atoms with van der Waals surface area (Å²) >= 11 is 0. The predicted molar refractivity (Wildman–Crippen MR) is 53.9 cm³/mol. The Bertz CT molecular complexity index is 473. The lowest BCUT2D eigenvalue weighted by Gasteiger charge is -2.22. The van der Waals surface area contributed by atoms with Crippen LogP contribution in [0.25, 0.3) is 11.4 Å². The Balaban J connectivity index is 2.29. The molecule has 70 valence electrons. The Hall–Kier alpha value is -1.64. The molecule has 0 saturated carbocycles. The second-order valence-electron chi connectivity index (χ2n) is 3.74. The van der Waals surface area contributed by atoms with E-state index in [-0.39, 0.29) is 0 Å². The molecule has 0 amide bonds. The van der Waals surface area contributed by atoms with Gasteiger partial charge in [0.25, 0.3) is 0 Å². The molecule has 2 aromatic rings. The van der Waals surface area contributed by atoms with Gasteiger partial charge in [0.15, 0.2) is 5.82 Å². The maximum atomic E-state index is 4.30. The van der Waals surface area contributed by atoms with Crippen LogP contribution in [0.2, 0.25) is 0 Å². The highest BCUT2D eigenvalue weighted by Gasteiger charge is 2.21. The molecule has 1 aromatic carbocycles. The van der Waals surface area contributed by atoms with E-state index in [1.54, 1.807) is 6.33 Å².